The fraction of sp³-hybridized carbons (Fsp3) is 0.533. The zero-order valence-corrected chi connectivity index (χ0v) is 12.1. The van der Waals surface area contributed by atoms with Crippen molar-refractivity contribution in [3.05, 3.63) is 35.4 Å². The average molecular weight is 248 g/mol. The molecule has 3 nitrogen and oxygen atoms in total. The normalized spacial score (nSPS) is 13.1. The maximum Gasteiger partial charge on any atom is 0.179 e. The molecule has 0 spiro atoms. The number of nitrogens with zero attached hydrogens (tertiary/aromatic N) is 2. The van der Waals surface area contributed by atoms with Gasteiger partial charge in [-0.25, -0.2) is 0 Å². The van der Waals surface area contributed by atoms with Crippen molar-refractivity contribution in [2.45, 2.75) is 19.9 Å². The topological polar surface area (TPSA) is 23.6 Å². The van der Waals surface area contributed by atoms with Gasteiger partial charge in [-0.3, -0.25) is 9.69 Å². The largest absolute Gasteiger partial charge is 0.308 e. The Morgan fingerprint density at radius 2 is 1.67 bits per heavy atom. The molecule has 0 saturated heterocycles. The summed E-state index contributed by atoms with van der Waals surface area (Å²) in [4.78, 5) is 16.5. The third-order valence-corrected chi connectivity index (χ3v) is 3.28. The maximum absolute atomic E-state index is 12.3. The molecule has 0 aliphatic rings. The fourth-order valence-corrected chi connectivity index (χ4v) is 1.71. The number of aryl methyl sites for hydroxylation is 1. The van der Waals surface area contributed by atoms with E-state index in [4.69, 9.17) is 0 Å². The highest BCUT2D eigenvalue weighted by molar-refractivity contribution is 5.99. The predicted molar refractivity (Wildman–Crippen MR) is 76.2 cm³/mol. The van der Waals surface area contributed by atoms with Crippen LogP contribution in [0.15, 0.2) is 24.3 Å². The van der Waals surface area contributed by atoms with Crippen LogP contribution in [-0.4, -0.2) is 55.9 Å². The Hall–Kier alpha value is -1.19. The zero-order chi connectivity index (χ0) is 13.7. The summed E-state index contributed by atoms with van der Waals surface area (Å²) < 4.78 is 0. The van der Waals surface area contributed by atoms with Gasteiger partial charge in [-0.1, -0.05) is 29.8 Å². The third-order valence-electron chi connectivity index (χ3n) is 3.28. The Bertz CT molecular complexity index is 384. The van der Waals surface area contributed by atoms with Crippen molar-refractivity contribution in [3.8, 4) is 0 Å². The Balaban J connectivity index is 2.62. The number of carbonyl (C=O) groups excluding carboxylic acids is 1. The SMILES string of the molecule is Cc1ccc(C(=O)C(C)N(C)CCN(C)C)cc1. The number of ketones is 1. The molecule has 0 aliphatic carbocycles. The molecule has 0 amide bonds. The second-order valence-corrected chi connectivity index (χ2v) is 5.19. The van der Waals surface area contributed by atoms with Gasteiger partial charge in [0.15, 0.2) is 5.78 Å². The van der Waals surface area contributed by atoms with Gasteiger partial charge in [0.25, 0.3) is 0 Å². The lowest BCUT2D eigenvalue weighted by molar-refractivity contribution is 0.0862. The molecule has 0 N–H and O–H groups in total. The molecule has 1 aromatic carbocycles. The van der Waals surface area contributed by atoms with E-state index in [2.05, 4.69) is 9.80 Å². The van der Waals surface area contributed by atoms with Gasteiger partial charge in [-0.15, -0.1) is 0 Å². The van der Waals surface area contributed by atoms with E-state index in [1.807, 2.05) is 59.3 Å². The van der Waals surface area contributed by atoms with E-state index in [0.717, 1.165) is 18.7 Å². The molecule has 1 rings (SSSR count). The molecule has 3 heteroatoms. The standard InChI is InChI=1S/C15H24N2O/c1-12-6-8-14(9-7-12)15(18)13(2)17(5)11-10-16(3)4/h6-9,13H,10-11H2,1-5H3. The molecule has 1 atom stereocenters. The van der Waals surface area contributed by atoms with Crippen molar-refractivity contribution in [2.75, 3.05) is 34.2 Å². The highest BCUT2D eigenvalue weighted by Gasteiger charge is 2.19. The lowest BCUT2D eigenvalue weighted by Gasteiger charge is -2.25. The first-order valence-corrected chi connectivity index (χ1v) is 6.37. The first-order chi connectivity index (χ1) is 8.41. The van der Waals surface area contributed by atoms with Crippen LogP contribution in [0.2, 0.25) is 0 Å². The van der Waals surface area contributed by atoms with E-state index < -0.39 is 0 Å². The fourth-order valence-electron chi connectivity index (χ4n) is 1.71. The number of carbonyl (C=O) groups is 1. The molecule has 18 heavy (non-hydrogen) atoms. The number of hydrogen-bond donors (Lipinski definition) is 0. The number of hydrogen-bond acceptors (Lipinski definition) is 3. The van der Waals surface area contributed by atoms with Gasteiger partial charge in [-0.05, 0) is 35.0 Å². The monoisotopic (exact) mass is 248 g/mol. The number of Topliss-reactive ketones (excluding diaryl/α,β-unsaturated/α-hetero) is 1. The molecule has 0 radical (unpaired) electrons. The quantitative estimate of drug-likeness (QED) is 0.720. The Kier molecular flexibility index (Phi) is 5.51. The number of likely N-dealkylation sites (N-methyl/N-ethyl adjacent to an activating group) is 2. The van der Waals surface area contributed by atoms with Gasteiger partial charge >= 0.3 is 0 Å². The lowest BCUT2D eigenvalue weighted by atomic mass is 10.0. The van der Waals surface area contributed by atoms with Crippen molar-refractivity contribution in [3.63, 3.8) is 0 Å². The van der Waals surface area contributed by atoms with Gasteiger partial charge in [0.1, 0.15) is 0 Å². The summed E-state index contributed by atoms with van der Waals surface area (Å²) in [5.74, 6) is 0.191. The molecule has 1 aromatic rings. The highest BCUT2D eigenvalue weighted by Crippen LogP contribution is 2.09. The van der Waals surface area contributed by atoms with Crippen molar-refractivity contribution in [2.24, 2.45) is 0 Å². The minimum absolute atomic E-state index is 0.0762. The zero-order valence-electron chi connectivity index (χ0n) is 12.1. The number of benzene rings is 1. The Morgan fingerprint density at radius 1 is 1.11 bits per heavy atom. The Labute approximate surface area is 110 Å². The minimum Gasteiger partial charge on any atom is -0.308 e. The Morgan fingerprint density at radius 3 is 2.17 bits per heavy atom. The van der Waals surface area contributed by atoms with E-state index in [1.165, 1.54) is 5.56 Å². The summed E-state index contributed by atoms with van der Waals surface area (Å²) in [6, 6.07) is 7.72. The summed E-state index contributed by atoms with van der Waals surface area (Å²) in [6.45, 7) is 5.85. The van der Waals surface area contributed by atoms with Crippen LogP contribution in [0.3, 0.4) is 0 Å². The molecule has 0 heterocycles. The van der Waals surface area contributed by atoms with Crippen molar-refractivity contribution < 1.29 is 4.79 Å². The van der Waals surface area contributed by atoms with Gasteiger partial charge < -0.3 is 4.90 Å². The van der Waals surface area contributed by atoms with Gasteiger partial charge in [-0.2, -0.15) is 0 Å². The third kappa shape index (κ3) is 4.24. The summed E-state index contributed by atoms with van der Waals surface area (Å²) in [6.07, 6.45) is 0. The first-order valence-electron chi connectivity index (χ1n) is 6.37. The lowest BCUT2D eigenvalue weighted by Crippen LogP contribution is -2.39. The second-order valence-electron chi connectivity index (χ2n) is 5.19. The molecule has 0 bridgehead atoms. The molecule has 0 fully saturated rings. The summed E-state index contributed by atoms with van der Waals surface area (Å²) in [7, 11) is 6.08. The van der Waals surface area contributed by atoms with Crippen molar-refractivity contribution >= 4 is 5.78 Å². The molecule has 0 aromatic heterocycles. The van der Waals surface area contributed by atoms with Crippen LogP contribution in [0.1, 0.15) is 22.8 Å². The molecule has 0 saturated carbocycles. The molecular weight excluding hydrogens is 224 g/mol. The van der Waals surface area contributed by atoms with Crippen LogP contribution >= 0.6 is 0 Å². The van der Waals surface area contributed by atoms with E-state index in [9.17, 15) is 4.79 Å². The minimum atomic E-state index is -0.0762. The van der Waals surface area contributed by atoms with Crippen LogP contribution in [0.5, 0.6) is 0 Å². The van der Waals surface area contributed by atoms with E-state index in [0.29, 0.717) is 0 Å². The molecular formula is C15H24N2O. The van der Waals surface area contributed by atoms with E-state index >= 15 is 0 Å². The van der Waals surface area contributed by atoms with Crippen molar-refractivity contribution in [1.29, 1.82) is 0 Å². The maximum atomic E-state index is 12.3. The van der Waals surface area contributed by atoms with Crippen LogP contribution in [0.25, 0.3) is 0 Å². The van der Waals surface area contributed by atoms with Crippen LogP contribution < -0.4 is 0 Å². The van der Waals surface area contributed by atoms with Crippen LogP contribution in [0.4, 0.5) is 0 Å². The average Bonchev–Trinajstić information content (AvgIpc) is 2.35. The molecule has 0 aliphatic heterocycles. The summed E-state index contributed by atoms with van der Waals surface area (Å²) in [5, 5.41) is 0. The smallest absolute Gasteiger partial charge is 0.179 e. The van der Waals surface area contributed by atoms with Crippen LogP contribution in [0, 0.1) is 6.92 Å². The van der Waals surface area contributed by atoms with Gasteiger partial charge in [0.05, 0.1) is 6.04 Å². The second kappa shape index (κ2) is 6.66. The molecule has 1 unspecified atom stereocenters. The van der Waals surface area contributed by atoms with Gasteiger partial charge in [0, 0.05) is 18.7 Å². The van der Waals surface area contributed by atoms with Crippen molar-refractivity contribution in [1.82, 2.24) is 9.80 Å². The molecule has 100 valence electrons. The first kappa shape index (κ1) is 14.9. The number of rotatable bonds is 6. The van der Waals surface area contributed by atoms with Crippen LogP contribution in [-0.2, 0) is 0 Å². The summed E-state index contributed by atoms with van der Waals surface area (Å²) >= 11 is 0. The van der Waals surface area contributed by atoms with E-state index in [-0.39, 0.29) is 11.8 Å². The predicted octanol–water partition coefficient (Wildman–Crippen LogP) is 2.06. The highest BCUT2D eigenvalue weighted by atomic mass is 16.1. The van der Waals surface area contributed by atoms with E-state index in [1.54, 1.807) is 0 Å². The summed E-state index contributed by atoms with van der Waals surface area (Å²) in [5.41, 5.74) is 1.98. The van der Waals surface area contributed by atoms with Gasteiger partial charge in [0.2, 0.25) is 0 Å².